The summed E-state index contributed by atoms with van der Waals surface area (Å²) in [5, 5.41) is 3.20. The molecule has 0 spiro atoms. The van der Waals surface area contributed by atoms with Gasteiger partial charge in [0, 0.05) is 49.6 Å². The summed E-state index contributed by atoms with van der Waals surface area (Å²) in [5.74, 6) is 1.19. The molecule has 0 saturated carbocycles. The SMILES string of the molecule is COc1cc(Nc2nc3ccccc3nc2N(c2cccc(C(=O)N(C)CCN(C)C)c2)S(=O)O)cc(OC)c1. The number of nitrogens with one attached hydrogen (secondary N) is 1. The topological polar surface area (TPSA) is 120 Å². The Kier molecular flexibility index (Phi) is 9.15. The summed E-state index contributed by atoms with van der Waals surface area (Å²) in [5.41, 5.74) is 2.34. The summed E-state index contributed by atoms with van der Waals surface area (Å²) in [6, 6.07) is 19.0. The number of aromatic nitrogens is 2. The molecule has 1 unspecified atom stereocenters. The van der Waals surface area contributed by atoms with E-state index in [4.69, 9.17) is 19.4 Å². The van der Waals surface area contributed by atoms with Crippen molar-refractivity contribution < 1.29 is 23.0 Å². The number of carbonyl (C=O) groups excluding carboxylic acids is 1. The third-order valence-electron chi connectivity index (χ3n) is 6.07. The van der Waals surface area contributed by atoms with Crippen LogP contribution in [-0.2, 0) is 11.3 Å². The van der Waals surface area contributed by atoms with Crippen LogP contribution in [0, 0.1) is 0 Å². The van der Waals surface area contributed by atoms with E-state index in [0.29, 0.717) is 52.6 Å². The van der Waals surface area contributed by atoms with Crippen molar-refractivity contribution in [3.63, 3.8) is 0 Å². The maximum absolute atomic E-state index is 13.1. The second-order valence-electron chi connectivity index (χ2n) is 9.22. The highest BCUT2D eigenvalue weighted by molar-refractivity contribution is 7.81. The highest BCUT2D eigenvalue weighted by Gasteiger charge is 2.24. The molecule has 1 aromatic heterocycles. The zero-order chi connectivity index (χ0) is 28.8. The van der Waals surface area contributed by atoms with Crippen LogP contribution in [0.5, 0.6) is 11.5 Å². The molecule has 2 N–H and O–H groups in total. The number of hydrogen-bond donors (Lipinski definition) is 2. The standard InChI is InChI=1S/C28H32N6O5S/c1-32(2)13-14-33(3)28(35)19-9-8-10-21(15-19)34(40(36)37)27-26(30-24-11-6-7-12-25(24)31-27)29-20-16-22(38-4)18-23(17-20)39-5/h6-12,15-18H,13-14H2,1-5H3,(H,29,30)(H,36,37). The van der Waals surface area contributed by atoms with Gasteiger partial charge in [0.1, 0.15) is 11.5 Å². The van der Waals surface area contributed by atoms with Gasteiger partial charge in [-0.3, -0.25) is 9.35 Å². The van der Waals surface area contributed by atoms with Crippen molar-refractivity contribution in [2.24, 2.45) is 0 Å². The Labute approximate surface area is 235 Å². The minimum Gasteiger partial charge on any atom is -0.497 e. The van der Waals surface area contributed by atoms with E-state index in [0.717, 1.165) is 4.31 Å². The number of nitrogens with zero attached hydrogens (tertiary/aromatic N) is 5. The van der Waals surface area contributed by atoms with Gasteiger partial charge in [-0.25, -0.2) is 18.5 Å². The van der Waals surface area contributed by atoms with Crippen molar-refractivity contribution in [3.05, 3.63) is 72.3 Å². The van der Waals surface area contributed by atoms with Crippen LogP contribution in [0.3, 0.4) is 0 Å². The Hall–Kier alpha value is -4.26. The van der Waals surface area contributed by atoms with E-state index in [2.05, 4.69) is 5.32 Å². The zero-order valence-corrected chi connectivity index (χ0v) is 23.8. The fourth-order valence-corrected chi connectivity index (χ4v) is 4.53. The van der Waals surface area contributed by atoms with E-state index < -0.39 is 11.3 Å². The molecule has 4 rings (SSSR count). The Morgan fingerprint density at radius 1 is 0.900 bits per heavy atom. The predicted molar refractivity (Wildman–Crippen MR) is 157 cm³/mol. The van der Waals surface area contributed by atoms with Gasteiger partial charge in [0.25, 0.3) is 17.2 Å². The Morgan fingerprint density at radius 3 is 2.15 bits per heavy atom. The summed E-state index contributed by atoms with van der Waals surface area (Å²) in [6.07, 6.45) is 0. The minimum atomic E-state index is -2.56. The monoisotopic (exact) mass is 564 g/mol. The molecule has 0 aliphatic heterocycles. The third kappa shape index (κ3) is 6.65. The first kappa shape index (κ1) is 28.7. The highest BCUT2D eigenvalue weighted by Crippen LogP contribution is 2.36. The summed E-state index contributed by atoms with van der Waals surface area (Å²) >= 11 is -2.56. The lowest BCUT2D eigenvalue weighted by molar-refractivity contribution is 0.0786. The average molecular weight is 565 g/mol. The number of hydrogen-bond acceptors (Lipinski definition) is 8. The van der Waals surface area contributed by atoms with Crippen molar-refractivity contribution in [2.75, 3.05) is 58.1 Å². The van der Waals surface area contributed by atoms with Crippen molar-refractivity contribution in [2.45, 2.75) is 0 Å². The van der Waals surface area contributed by atoms with Gasteiger partial charge in [-0.2, -0.15) is 0 Å². The molecule has 4 aromatic rings. The quantitative estimate of drug-likeness (QED) is 0.257. The Bertz CT molecular complexity index is 1510. The third-order valence-corrected chi connectivity index (χ3v) is 6.77. The molecule has 0 fully saturated rings. The number of para-hydroxylation sites is 2. The molecule has 0 saturated heterocycles. The van der Waals surface area contributed by atoms with Crippen LogP contribution in [-0.4, -0.2) is 82.9 Å². The van der Waals surface area contributed by atoms with Gasteiger partial charge >= 0.3 is 0 Å². The summed E-state index contributed by atoms with van der Waals surface area (Å²) < 4.78 is 35.2. The lowest BCUT2D eigenvalue weighted by Crippen LogP contribution is -2.33. The summed E-state index contributed by atoms with van der Waals surface area (Å²) in [6.45, 7) is 1.23. The second-order valence-corrected chi connectivity index (χ2v) is 10.0. The molecule has 210 valence electrons. The first-order valence-electron chi connectivity index (χ1n) is 12.4. The smallest absolute Gasteiger partial charge is 0.268 e. The van der Waals surface area contributed by atoms with Crippen molar-refractivity contribution in [1.82, 2.24) is 19.8 Å². The van der Waals surface area contributed by atoms with Crippen molar-refractivity contribution in [1.29, 1.82) is 0 Å². The van der Waals surface area contributed by atoms with Crippen LogP contribution in [0.25, 0.3) is 11.0 Å². The number of benzene rings is 3. The minimum absolute atomic E-state index is 0.0897. The van der Waals surface area contributed by atoms with E-state index >= 15 is 0 Å². The largest absolute Gasteiger partial charge is 0.497 e. The molecule has 0 radical (unpaired) electrons. The number of anilines is 4. The van der Waals surface area contributed by atoms with E-state index in [9.17, 15) is 13.6 Å². The number of fused-ring (bicyclic) bond motifs is 1. The molecule has 1 amide bonds. The van der Waals surface area contributed by atoms with Gasteiger partial charge in [-0.05, 0) is 44.4 Å². The van der Waals surface area contributed by atoms with Gasteiger partial charge in [0.05, 0.1) is 30.9 Å². The molecule has 1 heterocycles. The molecule has 12 heteroatoms. The van der Waals surface area contributed by atoms with Gasteiger partial charge in [-0.1, -0.05) is 18.2 Å². The van der Waals surface area contributed by atoms with Gasteiger partial charge in [0.2, 0.25) is 0 Å². The average Bonchev–Trinajstić information content (AvgIpc) is 2.95. The van der Waals surface area contributed by atoms with Gasteiger partial charge in [0.15, 0.2) is 11.6 Å². The fraction of sp³-hybridized carbons (Fsp3) is 0.250. The van der Waals surface area contributed by atoms with Crippen LogP contribution in [0.15, 0.2) is 66.7 Å². The second kappa shape index (κ2) is 12.7. The van der Waals surface area contributed by atoms with E-state index in [1.165, 1.54) is 0 Å². The zero-order valence-electron chi connectivity index (χ0n) is 23.0. The molecule has 3 aromatic carbocycles. The number of carbonyl (C=O) groups is 1. The molecular weight excluding hydrogens is 532 g/mol. The number of ether oxygens (including phenoxy) is 2. The van der Waals surface area contributed by atoms with Crippen LogP contribution < -0.4 is 19.1 Å². The van der Waals surface area contributed by atoms with Crippen molar-refractivity contribution in [3.8, 4) is 11.5 Å². The van der Waals surface area contributed by atoms with Gasteiger partial charge in [-0.15, -0.1) is 0 Å². The Morgan fingerprint density at radius 2 is 1.55 bits per heavy atom. The van der Waals surface area contributed by atoms with Crippen LogP contribution in [0.1, 0.15) is 10.4 Å². The maximum atomic E-state index is 13.1. The fourth-order valence-electron chi connectivity index (χ4n) is 3.96. The van der Waals surface area contributed by atoms with Gasteiger partial charge < -0.3 is 24.6 Å². The van der Waals surface area contributed by atoms with E-state index in [-0.39, 0.29) is 17.5 Å². The van der Waals surface area contributed by atoms with E-state index in [1.807, 2.05) is 31.1 Å². The molecule has 11 nitrogen and oxygen atoms in total. The van der Waals surface area contributed by atoms with Crippen LogP contribution in [0.4, 0.5) is 23.0 Å². The molecule has 0 aliphatic rings. The number of rotatable bonds is 11. The molecular formula is C28H32N6O5S. The summed E-state index contributed by atoms with van der Waals surface area (Å²) in [7, 11) is 8.68. The first-order chi connectivity index (χ1) is 19.2. The van der Waals surface area contributed by atoms with Crippen LogP contribution >= 0.6 is 0 Å². The molecule has 40 heavy (non-hydrogen) atoms. The van der Waals surface area contributed by atoms with Crippen molar-refractivity contribution >= 4 is 51.2 Å². The normalized spacial score (nSPS) is 11.8. The number of methoxy groups -OCH3 is 2. The molecule has 0 bridgehead atoms. The summed E-state index contributed by atoms with van der Waals surface area (Å²) in [4.78, 5) is 26.1. The lowest BCUT2D eigenvalue weighted by atomic mass is 10.1. The Balaban J connectivity index is 1.80. The predicted octanol–water partition coefficient (Wildman–Crippen LogP) is 4.30. The first-order valence-corrected chi connectivity index (χ1v) is 13.4. The number of amides is 1. The van der Waals surface area contributed by atoms with E-state index in [1.54, 1.807) is 80.8 Å². The molecule has 1 atom stereocenters. The molecule has 0 aliphatic carbocycles. The highest BCUT2D eigenvalue weighted by atomic mass is 32.2. The van der Waals surface area contributed by atoms with Crippen LogP contribution in [0.2, 0.25) is 0 Å². The number of likely N-dealkylation sites (N-methyl/N-ethyl adjacent to an activating group) is 2. The lowest BCUT2D eigenvalue weighted by Gasteiger charge is -2.24. The maximum Gasteiger partial charge on any atom is 0.268 e.